The van der Waals surface area contributed by atoms with Gasteiger partial charge >= 0.3 is 5.97 Å². The van der Waals surface area contributed by atoms with E-state index in [4.69, 9.17) is 4.74 Å². The van der Waals surface area contributed by atoms with Gasteiger partial charge in [0.05, 0.1) is 18.3 Å². The molecule has 0 saturated heterocycles. The van der Waals surface area contributed by atoms with Crippen LogP contribution in [0.15, 0.2) is 18.6 Å². The molecule has 0 unspecified atom stereocenters. The van der Waals surface area contributed by atoms with E-state index in [0.717, 1.165) is 18.5 Å². The quantitative estimate of drug-likeness (QED) is 0.812. The molecule has 1 aliphatic rings. The largest absolute Gasteiger partial charge is 0.467 e. The van der Waals surface area contributed by atoms with Crippen molar-refractivity contribution in [3.05, 3.63) is 39.6 Å². The van der Waals surface area contributed by atoms with Gasteiger partial charge in [0.25, 0.3) is 5.91 Å². The minimum Gasteiger partial charge on any atom is -0.467 e. The Kier molecular flexibility index (Phi) is 4.99. The van der Waals surface area contributed by atoms with Crippen LogP contribution in [0.5, 0.6) is 0 Å². The Morgan fingerprint density at radius 1 is 1.54 bits per heavy atom. The number of hydrogen-bond acceptors (Lipinski definition) is 5. The SMILES string of the molecule is COC(=O)[C@H](Cc1cnc[nH]1)NC(=O)c1cc2c(s1)CC[C@H](C)C2. The molecule has 2 aromatic heterocycles. The minimum absolute atomic E-state index is 0.225. The topological polar surface area (TPSA) is 84.1 Å². The van der Waals surface area contributed by atoms with Gasteiger partial charge in [0.15, 0.2) is 0 Å². The Labute approximate surface area is 144 Å². The average Bonchev–Trinajstić information content (AvgIpc) is 3.22. The molecule has 0 spiro atoms. The zero-order chi connectivity index (χ0) is 17.1. The van der Waals surface area contributed by atoms with Crippen molar-refractivity contribution in [2.45, 2.75) is 38.6 Å². The van der Waals surface area contributed by atoms with Crippen molar-refractivity contribution >= 4 is 23.2 Å². The van der Waals surface area contributed by atoms with E-state index < -0.39 is 12.0 Å². The molecular formula is C17H21N3O3S. The van der Waals surface area contributed by atoms with E-state index in [-0.39, 0.29) is 5.91 Å². The minimum atomic E-state index is -0.735. The lowest BCUT2D eigenvalue weighted by Crippen LogP contribution is -2.42. The maximum atomic E-state index is 12.6. The lowest BCUT2D eigenvalue weighted by molar-refractivity contribution is -0.142. The Morgan fingerprint density at radius 3 is 3.08 bits per heavy atom. The summed E-state index contributed by atoms with van der Waals surface area (Å²) in [6, 6.07) is 1.23. The fraction of sp³-hybridized carbons (Fsp3) is 0.471. The first-order valence-electron chi connectivity index (χ1n) is 8.04. The zero-order valence-electron chi connectivity index (χ0n) is 13.8. The molecule has 128 valence electrons. The van der Waals surface area contributed by atoms with E-state index in [0.29, 0.717) is 17.2 Å². The third-order valence-electron chi connectivity index (χ3n) is 4.32. The van der Waals surface area contributed by atoms with E-state index in [1.54, 1.807) is 12.5 Å². The van der Waals surface area contributed by atoms with Crippen LogP contribution < -0.4 is 5.32 Å². The summed E-state index contributed by atoms with van der Waals surface area (Å²) in [5, 5.41) is 2.79. The highest BCUT2D eigenvalue weighted by molar-refractivity contribution is 7.14. The van der Waals surface area contributed by atoms with Gasteiger partial charge < -0.3 is 15.0 Å². The van der Waals surface area contributed by atoms with Gasteiger partial charge in [-0.3, -0.25) is 4.79 Å². The molecule has 2 aromatic rings. The van der Waals surface area contributed by atoms with Gasteiger partial charge in [-0.25, -0.2) is 9.78 Å². The van der Waals surface area contributed by atoms with Gasteiger partial charge in [0.2, 0.25) is 0 Å². The highest BCUT2D eigenvalue weighted by Crippen LogP contribution is 2.32. The number of carbonyl (C=O) groups excluding carboxylic acids is 2. The summed E-state index contributed by atoms with van der Waals surface area (Å²) in [4.78, 5) is 33.4. The van der Waals surface area contributed by atoms with E-state index in [1.807, 2.05) is 6.07 Å². The van der Waals surface area contributed by atoms with Gasteiger partial charge in [-0.05, 0) is 36.8 Å². The van der Waals surface area contributed by atoms with Crippen LogP contribution in [0.3, 0.4) is 0 Å². The summed E-state index contributed by atoms with van der Waals surface area (Å²) in [7, 11) is 1.32. The molecule has 3 rings (SSSR count). The number of nitrogens with zero attached hydrogens (tertiary/aromatic N) is 1. The molecule has 7 heteroatoms. The van der Waals surface area contributed by atoms with Crippen LogP contribution in [-0.4, -0.2) is 35.0 Å². The Bertz CT molecular complexity index is 724. The summed E-state index contributed by atoms with van der Waals surface area (Å²) in [5.41, 5.74) is 2.04. The van der Waals surface area contributed by atoms with Crippen molar-refractivity contribution in [2.75, 3.05) is 7.11 Å². The number of nitrogens with one attached hydrogen (secondary N) is 2. The highest BCUT2D eigenvalue weighted by Gasteiger charge is 2.26. The van der Waals surface area contributed by atoms with Crippen LogP contribution >= 0.6 is 11.3 Å². The van der Waals surface area contributed by atoms with E-state index >= 15 is 0 Å². The number of aryl methyl sites for hydroxylation is 1. The maximum Gasteiger partial charge on any atom is 0.328 e. The van der Waals surface area contributed by atoms with Gasteiger partial charge in [-0.1, -0.05) is 6.92 Å². The third-order valence-corrected chi connectivity index (χ3v) is 5.56. The molecule has 2 atom stereocenters. The molecular weight excluding hydrogens is 326 g/mol. The second-order valence-electron chi connectivity index (χ2n) is 6.24. The second kappa shape index (κ2) is 7.17. The molecule has 2 N–H and O–H groups in total. The van der Waals surface area contributed by atoms with E-state index in [1.165, 1.54) is 35.3 Å². The van der Waals surface area contributed by atoms with Crippen LogP contribution in [0.1, 0.15) is 39.2 Å². The van der Waals surface area contributed by atoms with Gasteiger partial charge in [0, 0.05) is 23.2 Å². The molecule has 0 aliphatic heterocycles. The van der Waals surface area contributed by atoms with E-state index in [9.17, 15) is 9.59 Å². The van der Waals surface area contributed by atoms with Crippen molar-refractivity contribution in [3.8, 4) is 0 Å². The average molecular weight is 347 g/mol. The molecule has 0 fully saturated rings. The second-order valence-corrected chi connectivity index (χ2v) is 7.37. The summed E-state index contributed by atoms with van der Waals surface area (Å²) < 4.78 is 4.81. The van der Waals surface area contributed by atoms with Crippen molar-refractivity contribution in [1.82, 2.24) is 15.3 Å². The van der Waals surface area contributed by atoms with Crippen molar-refractivity contribution in [3.63, 3.8) is 0 Å². The summed E-state index contributed by atoms with van der Waals surface area (Å²) in [5.74, 6) is -0.0314. The van der Waals surface area contributed by atoms with Crippen LogP contribution in [0, 0.1) is 5.92 Å². The number of ether oxygens (including phenoxy) is 1. The Balaban J connectivity index is 1.72. The van der Waals surface area contributed by atoms with Crippen molar-refractivity contribution < 1.29 is 14.3 Å². The summed E-state index contributed by atoms with van der Waals surface area (Å²) >= 11 is 1.53. The van der Waals surface area contributed by atoms with E-state index in [2.05, 4.69) is 22.2 Å². The lowest BCUT2D eigenvalue weighted by Gasteiger charge is -2.16. The molecule has 0 radical (unpaired) electrons. The molecule has 24 heavy (non-hydrogen) atoms. The molecule has 1 aliphatic carbocycles. The number of amides is 1. The maximum absolute atomic E-state index is 12.6. The molecule has 0 saturated carbocycles. The number of hydrogen-bond donors (Lipinski definition) is 2. The van der Waals surface area contributed by atoms with Gasteiger partial charge in [-0.2, -0.15) is 0 Å². The number of aromatic amines is 1. The molecule has 1 amide bonds. The standard InChI is InChI=1S/C17H21N3O3S/c1-10-3-4-14-11(5-10)6-15(24-14)16(21)20-13(17(22)23-2)7-12-8-18-9-19-12/h6,8-10,13H,3-5,7H2,1-2H3,(H,18,19)(H,20,21)/t10-,13-/m0/s1. The van der Waals surface area contributed by atoms with Crippen LogP contribution in [-0.2, 0) is 28.8 Å². The first kappa shape index (κ1) is 16.7. The number of rotatable bonds is 5. The van der Waals surface area contributed by atoms with Gasteiger partial charge in [0.1, 0.15) is 6.04 Å². The number of thiophene rings is 1. The number of fused-ring (bicyclic) bond motifs is 1. The molecule has 6 nitrogen and oxygen atoms in total. The summed E-state index contributed by atoms with van der Waals surface area (Å²) in [6.07, 6.45) is 6.71. The molecule has 0 aromatic carbocycles. The van der Waals surface area contributed by atoms with Gasteiger partial charge in [-0.15, -0.1) is 11.3 Å². The Hall–Kier alpha value is -2.15. The van der Waals surface area contributed by atoms with Crippen LogP contribution in [0.25, 0.3) is 0 Å². The van der Waals surface area contributed by atoms with Crippen LogP contribution in [0.4, 0.5) is 0 Å². The predicted octanol–water partition coefficient (Wildman–Crippen LogP) is 2.11. The fourth-order valence-corrected chi connectivity index (χ4v) is 4.11. The predicted molar refractivity (Wildman–Crippen MR) is 91.1 cm³/mol. The normalized spacial score (nSPS) is 17.8. The number of aromatic nitrogens is 2. The van der Waals surface area contributed by atoms with Crippen LogP contribution in [0.2, 0.25) is 0 Å². The third kappa shape index (κ3) is 3.67. The first-order chi connectivity index (χ1) is 11.6. The monoisotopic (exact) mass is 347 g/mol. The fourth-order valence-electron chi connectivity index (χ4n) is 3.00. The molecule has 2 heterocycles. The number of imidazole rings is 1. The van der Waals surface area contributed by atoms with Crippen molar-refractivity contribution in [1.29, 1.82) is 0 Å². The molecule has 0 bridgehead atoms. The number of H-pyrrole nitrogens is 1. The zero-order valence-corrected chi connectivity index (χ0v) is 14.6. The number of methoxy groups -OCH3 is 1. The highest BCUT2D eigenvalue weighted by atomic mass is 32.1. The van der Waals surface area contributed by atoms with Crippen molar-refractivity contribution in [2.24, 2.45) is 5.92 Å². The lowest BCUT2D eigenvalue weighted by atomic mass is 9.90. The Morgan fingerprint density at radius 2 is 2.38 bits per heavy atom. The summed E-state index contributed by atoms with van der Waals surface area (Å²) in [6.45, 7) is 2.23. The number of carbonyl (C=O) groups is 2. The number of esters is 1. The first-order valence-corrected chi connectivity index (χ1v) is 8.86. The smallest absolute Gasteiger partial charge is 0.328 e.